The molecule has 1 amide bonds. The number of carbonyl (C=O) groups is 1. The summed E-state index contributed by atoms with van der Waals surface area (Å²) in [4.78, 5) is 11.9. The molecule has 3 N–H and O–H groups in total. The fourth-order valence-electron chi connectivity index (χ4n) is 2.53. The van der Waals surface area contributed by atoms with Crippen molar-refractivity contribution in [2.45, 2.75) is 12.7 Å². The SMILES string of the molecule is O.O=C(/C=C/c1ccc(-c2ccccc2C(F)(F)F)o1)NCc1ccccc1. The Balaban J connectivity index is 0.00000280. The summed E-state index contributed by atoms with van der Waals surface area (Å²) in [5.74, 6) is 0.0524. The molecule has 0 saturated heterocycles. The highest BCUT2D eigenvalue weighted by Gasteiger charge is 2.34. The molecule has 0 aliphatic heterocycles. The van der Waals surface area contributed by atoms with E-state index in [4.69, 9.17) is 4.42 Å². The largest absolute Gasteiger partial charge is 0.457 e. The van der Waals surface area contributed by atoms with E-state index in [1.54, 1.807) is 0 Å². The van der Waals surface area contributed by atoms with Crippen molar-refractivity contribution in [2.75, 3.05) is 0 Å². The number of furan rings is 1. The van der Waals surface area contributed by atoms with E-state index < -0.39 is 11.7 Å². The van der Waals surface area contributed by atoms with Crippen molar-refractivity contribution in [3.63, 3.8) is 0 Å². The quantitative estimate of drug-likeness (QED) is 0.654. The Hall–Kier alpha value is -3.32. The molecule has 4 nitrogen and oxygen atoms in total. The molecule has 146 valence electrons. The predicted molar refractivity (Wildman–Crippen MR) is 100 cm³/mol. The molecule has 0 radical (unpaired) electrons. The van der Waals surface area contributed by atoms with Gasteiger partial charge in [0.2, 0.25) is 5.91 Å². The second-order valence-corrected chi connectivity index (χ2v) is 5.78. The normalized spacial score (nSPS) is 11.2. The summed E-state index contributed by atoms with van der Waals surface area (Å²) in [6.07, 6.45) is -1.78. The maximum atomic E-state index is 13.1. The molecule has 0 fully saturated rings. The molecular formula is C21H18F3NO3. The number of hydrogen-bond acceptors (Lipinski definition) is 2. The molecule has 1 aromatic heterocycles. The van der Waals surface area contributed by atoms with E-state index in [9.17, 15) is 18.0 Å². The van der Waals surface area contributed by atoms with E-state index in [1.807, 2.05) is 30.3 Å². The van der Waals surface area contributed by atoms with Crippen molar-refractivity contribution < 1.29 is 27.9 Å². The van der Waals surface area contributed by atoms with Crippen LogP contribution in [-0.2, 0) is 17.5 Å². The minimum atomic E-state index is -4.48. The Bertz CT molecular complexity index is 947. The zero-order valence-corrected chi connectivity index (χ0v) is 14.7. The van der Waals surface area contributed by atoms with Crippen LogP contribution in [-0.4, -0.2) is 11.4 Å². The van der Waals surface area contributed by atoms with Crippen LogP contribution in [0, 0.1) is 0 Å². The fraction of sp³-hybridized carbons (Fsp3) is 0.0952. The Kier molecular flexibility index (Phi) is 6.79. The van der Waals surface area contributed by atoms with E-state index in [0.717, 1.165) is 11.6 Å². The number of alkyl halides is 3. The van der Waals surface area contributed by atoms with Gasteiger partial charge in [0.15, 0.2) is 0 Å². The lowest BCUT2D eigenvalue weighted by Gasteiger charge is -2.10. The molecule has 0 atom stereocenters. The number of hydrogen-bond donors (Lipinski definition) is 1. The van der Waals surface area contributed by atoms with Crippen LogP contribution in [0.2, 0.25) is 0 Å². The molecule has 28 heavy (non-hydrogen) atoms. The van der Waals surface area contributed by atoms with Crippen LogP contribution < -0.4 is 5.32 Å². The van der Waals surface area contributed by atoms with E-state index >= 15 is 0 Å². The minimum absolute atomic E-state index is 0. The molecule has 0 unspecified atom stereocenters. The topological polar surface area (TPSA) is 73.7 Å². The number of benzene rings is 2. The van der Waals surface area contributed by atoms with E-state index in [2.05, 4.69) is 5.32 Å². The van der Waals surface area contributed by atoms with Gasteiger partial charge in [0.25, 0.3) is 0 Å². The Morgan fingerprint density at radius 1 is 0.964 bits per heavy atom. The smallest absolute Gasteiger partial charge is 0.417 e. The van der Waals surface area contributed by atoms with Gasteiger partial charge in [-0.2, -0.15) is 13.2 Å². The highest BCUT2D eigenvalue weighted by atomic mass is 19.4. The fourth-order valence-corrected chi connectivity index (χ4v) is 2.53. The Morgan fingerprint density at radius 2 is 1.64 bits per heavy atom. The molecule has 1 heterocycles. The van der Waals surface area contributed by atoms with Gasteiger partial charge in [0.1, 0.15) is 11.5 Å². The standard InChI is InChI=1S/C21H16F3NO2.H2O/c22-21(23,24)18-9-5-4-8-17(18)19-12-10-16(27-19)11-13-20(26)25-14-15-6-2-1-3-7-15;/h1-13H,14H2,(H,25,26);1H2/b13-11+;. The van der Waals surface area contributed by atoms with Crippen molar-refractivity contribution in [1.82, 2.24) is 5.32 Å². The summed E-state index contributed by atoms with van der Waals surface area (Å²) in [6.45, 7) is 0.381. The van der Waals surface area contributed by atoms with Crippen LogP contribution in [0.4, 0.5) is 13.2 Å². The molecule has 3 aromatic rings. The van der Waals surface area contributed by atoms with Gasteiger partial charge in [-0.15, -0.1) is 0 Å². The van der Waals surface area contributed by atoms with Crippen LogP contribution in [0.1, 0.15) is 16.9 Å². The van der Waals surface area contributed by atoms with E-state index in [1.165, 1.54) is 42.5 Å². The van der Waals surface area contributed by atoms with Crippen LogP contribution in [0.5, 0.6) is 0 Å². The first kappa shape index (κ1) is 21.0. The molecule has 0 saturated carbocycles. The average molecular weight is 389 g/mol. The van der Waals surface area contributed by atoms with Crippen molar-refractivity contribution >= 4 is 12.0 Å². The Labute approximate surface area is 159 Å². The van der Waals surface area contributed by atoms with E-state index in [-0.39, 0.29) is 28.5 Å². The highest BCUT2D eigenvalue weighted by molar-refractivity contribution is 5.91. The molecule has 0 spiro atoms. The predicted octanol–water partition coefficient (Wildman–Crippen LogP) is 4.47. The molecule has 7 heteroatoms. The molecule has 0 bridgehead atoms. The number of rotatable bonds is 5. The summed E-state index contributed by atoms with van der Waals surface area (Å²) in [6, 6.07) is 17.6. The van der Waals surface area contributed by atoms with Crippen LogP contribution in [0.15, 0.2) is 77.2 Å². The van der Waals surface area contributed by atoms with Gasteiger partial charge in [0.05, 0.1) is 5.56 Å². The summed E-state index contributed by atoms with van der Waals surface area (Å²) >= 11 is 0. The molecule has 0 aliphatic rings. The number of nitrogens with one attached hydrogen (secondary N) is 1. The molecule has 2 aromatic carbocycles. The van der Waals surface area contributed by atoms with Crippen molar-refractivity contribution in [3.8, 4) is 11.3 Å². The van der Waals surface area contributed by atoms with Gasteiger partial charge in [-0.25, -0.2) is 0 Å². The van der Waals surface area contributed by atoms with Gasteiger partial charge in [-0.1, -0.05) is 48.5 Å². The second kappa shape index (κ2) is 9.05. The van der Waals surface area contributed by atoms with Gasteiger partial charge >= 0.3 is 6.18 Å². The third kappa shape index (κ3) is 5.34. The monoisotopic (exact) mass is 389 g/mol. The average Bonchev–Trinajstić information content (AvgIpc) is 3.14. The third-order valence-corrected chi connectivity index (χ3v) is 3.83. The van der Waals surface area contributed by atoms with Crippen LogP contribution >= 0.6 is 0 Å². The molecule has 3 rings (SSSR count). The molecule has 0 aliphatic carbocycles. The molecular weight excluding hydrogens is 371 g/mol. The first-order chi connectivity index (χ1) is 12.9. The lowest BCUT2D eigenvalue weighted by molar-refractivity contribution is -0.137. The van der Waals surface area contributed by atoms with Gasteiger partial charge in [-0.05, 0) is 29.8 Å². The van der Waals surface area contributed by atoms with Gasteiger partial charge in [-0.3, -0.25) is 4.79 Å². The number of halogens is 3. The zero-order valence-electron chi connectivity index (χ0n) is 14.7. The van der Waals surface area contributed by atoms with Crippen molar-refractivity contribution in [3.05, 3.63) is 89.7 Å². The summed E-state index contributed by atoms with van der Waals surface area (Å²) in [5.41, 5.74) is 0.150. The van der Waals surface area contributed by atoms with Gasteiger partial charge in [0, 0.05) is 18.2 Å². The zero-order chi connectivity index (χ0) is 19.3. The highest BCUT2D eigenvalue weighted by Crippen LogP contribution is 2.37. The maximum Gasteiger partial charge on any atom is 0.417 e. The van der Waals surface area contributed by atoms with Crippen LogP contribution in [0.3, 0.4) is 0 Å². The minimum Gasteiger partial charge on any atom is -0.457 e. The number of amides is 1. The first-order valence-electron chi connectivity index (χ1n) is 8.20. The van der Waals surface area contributed by atoms with Gasteiger partial charge < -0.3 is 15.2 Å². The number of carbonyl (C=O) groups excluding carboxylic acids is 1. The van der Waals surface area contributed by atoms with Crippen molar-refractivity contribution in [2.24, 2.45) is 0 Å². The third-order valence-electron chi connectivity index (χ3n) is 3.83. The second-order valence-electron chi connectivity index (χ2n) is 5.78. The lowest BCUT2D eigenvalue weighted by Crippen LogP contribution is -2.20. The van der Waals surface area contributed by atoms with Crippen LogP contribution in [0.25, 0.3) is 17.4 Å². The lowest BCUT2D eigenvalue weighted by atomic mass is 10.1. The van der Waals surface area contributed by atoms with E-state index in [0.29, 0.717) is 6.54 Å². The Morgan fingerprint density at radius 3 is 2.36 bits per heavy atom. The summed E-state index contributed by atoms with van der Waals surface area (Å²) < 4.78 is 44.8. The first-order valence-corrected chi connectivity index (χ1v) is 8.20. The van der Waals surface area contributed by atoms with Crippen molar-refractivity contribution in [1.29, 1.82) is 0 Å². The maximum absolute atomic E-state index is 13.1. The summed E-state index contributed by atoms with van der Waals surface area (Å²) in [5, 5.41) is 2.72. The summed E-state index contributed by atoms with van der Waals surface area (Å²) in [7, 11) is 0.